The molecule has 1 rings (SSSR count). The van der Waals surface area contributed by atoms with Crippen LogP contribution in [-0.2, 0) is 4.79 Å². The minimum absolute atomic E-state index is 0.404. The van der Waals surface area contributed by atoms with Gasteiger partial charge < -0.3 is 0 Å². The van der Waals surface area contributed by atoms with Crippen molar-refractivity contribution in [1.29, 1.82) is 0 Å². The third kappa shape index (κ3) is 2.54. The highest BCUT2D eigenvalue weighted by atomic mass is 32.2. The Morgan fingerprint density at radius 2 is 2.00 bits per heavy atom. The fourth-order valence-electron chi connectivity index (χ4n) is 0.840. The van der Waals surface area contributed by atoms with Crippen molar-refractivity contribution in [3.05, 3.63) is 29.8 Å². The van der Waals surface area contributed by atoms with Gasteiger partial charge in [0, 0.05) is 10.5 Å². The van der Waals surface area contributed by atoms with E-state index in [0.29, 0.717) is 5.56 Å². The van der Waals surface area contributed by atoms with Crippen molar-refractivity contribution in [2.45, 2.75) is 4.90 Å². The Morgan fingerprint density at radius 3 is 2.46 bits per heavy atom. The normalized spacial score (nSPS) is 9.00. The molecule has 1 aromatic carbocycles. The SMILES string of the molecule is CSc1ccc(C(=O)N=C=O)cc1. The summed E-state index contributed by atoms with van der Waals surface area (Å²) in [5.74, 6) is -0.553. The van der Waals surface area contributed by atoms with Gasteiger partial charge in [0.1, 0.15) is 0 Å². The highest BCUT2D eigenvalue weighted by Crippen LogP contribution is 2.14. The number of rotatable bonds is 2. The monoisotopic (exact) mass is 193 g/mol. The predicted octanol–water partition coefficient (Wildman–Crippen LogP) is 1.88. The van der Waals surface area contributed by atoms with Crippen molar-refractivity contribution in [3.63, 3.8) is 0 Å². The molecule has 1 aromatic rings. The third-order valence-corrected chi connectivity index (χ3v) is 2.23. The highest BCUT2D eigenvalue weighted by Gasteiger charge is 2.02. The van der Waals surface area contributed by atoms with Gasteiger partial charge in [0.2, 0.25) is 6.08 Å². The predicted molar refractivity (Wildman–Crippen MR) is 50.7 cm³/mol. The largest absolute Gasteiger partial charge is 0.287 e. The minimum Gasteiger partial charge on any atom is -0.266 e. The van der Waals surface area contributed by atoms with Crippen LogP contribution in [0.5, 0.6) is 0 Å². The lowest BCUT2D eigenvalue weighted by atomic mass is 10.2. The number of carbonyl (C=O) groups excluding carboxylic acids is 2. The standard InChI is InChI=1S/C9H7NO2S/c1-13-8-4-2-7(3-5-8)9(12)10-6-11/h2-5H,1H3. The van der Waals surface area contributed by atoms with Crippen LogP contribution in [0.15, 0.2) is 34.2 Å². The molecule has 0 fully saturated rings. The molecule has 0 saturated heterocycles. The molecule has 0 spiro atoms. The van der Waals surface area contributed by atoms with Gasteiger partial charge >= 0.3 is 0 Å². The topological polar surface area (TPSA) is 46.5 Å². The third-order valence-electron chi connectivity index (χ3n) is 1.48. The molecule has 0 heterocycles. The lowest BCUT2D eigenvalue weighted by molar-refractivity contribution is 0.100. The first-order valence-corrected chi connectivity index (χ1v) is 4.76. The van der Waals surface area contributed by atoms with Crippen molar-refractivity contribution in [1.82, 2.24) is 0 Å². The molecule has 0 aliphatic heterocycles. The van der Waals surface area contributed by atoms with Crippen LogP contribution in [0.1, 0.15) is 10.4 Å². The fraction of sp³-hybridized carbons (Fsp3) is 0.111. The van der Waals surface area contributed by atoms with E-state index in [1.54, 1.807) is 36.0 Å². The van der Waals surface area contributed by atoms with Gasteiger partial charge in [0.15, 0.2) is 0 Å². The number of hydrogen-bond donors (Lipinski definition) is 0. The number of hydrogen-bond acceptors (Lipinski definition) is 3. The molecule has 0 bridgehead atoms. The Hall–Kier alpha value is -1.38. The summed E-state index contributed by atoms with van der Waals surface area (Å²) in [5, 5.41) is 0. The molecule has 66 valence electrons. The maximum Gasteiger partial charge on any atom is 0.287 e. The van der Waals surface area contributed by atoms with Crippen molar-refractivity contribution in [3.8, 4) is 0 Å². The zero-order chi connectivity index (χ0) is 9.68. The zero-order valence-corrected chi connectivity index (χ0v) is 7.80. The fourth-order valence-corrected chi connectivity index (χ4v) is 1.25. The van der Waals surface area contributed by atoms with Crippen LogP contribution in [0.2, 0.25) is 0 Å². The van der Waals surface area contributed by atoms with Crippen molar-refractivity contribution >= 4 is 23.7 Å². The van der Waals surface area contributed by atoms with Crippen molar-refractivity contribution < 1.29 is 9.59 Å². The van der Waals surface area contributed by atoms with Crippen LogP contribution < -0.4 is 0 Å². The first-order valence-electron chi connectivity index (χ1n) is 3.54. The molecule has 4 heteroatoms. The van der Waals surface area contributed by atoms with Gasteiger partial charge in [-0.3, -0.25) is 4.79 Å². The Kier molecular flexibility index (Phi) is 3.43. The van der Waals surface area contributed by atoms with Crippen LogP contribution in [0, 0.1) is 0 Å². The maximum atomic E-state index is 11.0. The number of nitrogens with zero attached hydrogens (tertiary/aromatic N) is 1. The molecule has 0 radical (unpaired) electrons. The van der Waals surface area contributed by atoms with Crippen LogP contribution >= 0.6 is 11.8 Å². The summed E-state index contributed by atoms with van der Waals surface area (Å²) in [4.78, 5) is 24.9. The molecule has 0 aliphatic rings. The van der Waals surface area contributed by atoms with Crippen LogP contribution in [0.3, 0.4) is 0 Å². The van der Waals surface area contributed by atoms with Gasteiger partial charge in [-0.15, -0.1) is 16.8 Å². The molecular weight excluding hydrogens is 186 g/mol. The van der Waals surface area contributed by atoms with Crippen LogP contribution in [0.4, 0.5) is 0 Å². The molecule has 0 aliphatic carbocycles. The van der Waals surface area contributed by atoms with Gasteiger partial charge in [0.25, 0.3) is 5.91 Å². The summed E-state index contributed by atoms with van der Waals surface area (Å²) < 4.78 is 0. The number of benzene rings is 1. The lowest BCUT2D eigenvalue weighted by Gasteiger charge is -1.96. The summed E-state index contributed by atoms with van der Waals surface area (Å²) in [6, 6.07) is 6.88. The Labute approximate surface area is 79.9 Å². The zero-order valence-electron chi connectivity index (χ0n) is 6.98. The van der Waals surface area contributed by atoms with Crippen molar-refractivity contribution in [2.24, 2.45) is 4.99 Å². The van der Waals surface area contributed by atoms with E-state index in [-0.39, 0.29) is 0 Å². The Balaban J connectivity index is 2.92. The number of isocyanates is 1. The molecule has 0 saturated carbocycles. The van der Waals surface area contributed by atoms with E-state index in [1.165, 1.54) is 6.08 Å². The van der Waals surface area contributed by atoms with E-state index >= 15 is 0 Å². The van der Waals surface area contributed by atoms with Crippen molar-refractivity contribution in [2.75, 3.05) is 6.26 Å². The molecular formula is C9H7NO2S. The smallest absolute Gasteiger partial charge is 0.266 e. The summed E-state index contributed by atoms with van der Waals surface area (Å²) in [6.45, 7) is 0. The molecule has 3 nitrogen and oxygen atoms in total. The molecule has 0 atom stereocenters. The van der Waals surface area contributed by atoms with E-state index in [2.05, 4.69) is 4.99 Å². The summed E-state index contributed by atoms with van der Waals surface area (Å²) in [6.07, 6.45) is 3.16. The van der Waals surface area contributed by atoms with E-state index in [1.807, 2.05) is 6.26 Å². The van der Waals surface area contributed by atoms with E-state index in [0.717, 1.165) is 4.90 Å². The lowest BCUT2D eigenvalue weighted by Crippen LogP contribution is -1.93. The van der Waals surface area contributed by atoms with Gasteiger partial charge in [-0.25, -0.2) is 4.79 Å². The number of aliphatic imine (C=N–C) groups is 1. The molecule has 1 amide bonds. The number of thioether (sulfide) groups is 1. The van der Waals surface area contributed by atoms with Crippen LogP contribution in [-0.4, -0.2) is 18.2 Å². The second-order valence-corrected chi connectivity index (χ2v) is 3.12. The first kappa shape index (κ1) is 9.71. The maximum absolute atomic E-state index is 11.0. The van der Waals surface area contributed by atoms with Gasteiger partial charge in [0.05, 0.1) is 0 Å². The first-order chi connectivity index (χ1) is 6.27. The van der Waals surface area contributed by atoms with Gasteiger partial charge in [-0.05, 0) is 30.5 Å². The highest BCUT2D eigenvalue weighted by molar-refractivity contribution is 7.98. The van der Waals surface area contributed by atoms with Crippen LogP contribution in [0.25, 0.3) is 0 Å². The second-order valence-electron chi connectivity index (χ2n) is 2.24. The average molecular weight is 193 g/mol. The average Bonchev–Trinajstić information content (AvgIpc) is 2.18. The van der Waals surface area contributed by atoms with E-state index < -0.39 is 5.91 Å². The summed E-state index contributed by atoms with van der Waals surface area (Å²) >= 11 is 1.58. The molecule has 0 N–H and O–H groups in total. The van der Waals surface area contributed by atoms with Gasteiger partial charge in [-0.1, -0.05) is 0 Å². The molecule has 0 unspecified atom stereocenters. The molecule has 0 aromatic heterocycles. The molecule has 13 heavy (non-hydrogen) atoms. The summed E-state index contributed by atoms with van der Waals surface area (Å²) in [7, 11) is 0. The van der Waals surface area contributed by atoms with E-state index in [9.17, 15) is 9.59 Å². The Morgan fingerprint density at radius 1 is 1.38 bits per heavy atom. The number of carbonyl (C=O) groups is 1. The quantitative estimate of drug-likeness (QED) is 0.409. The summed E-state index contributed by atoms with van der Waals surface area (Å²) in [5.41, 5.74) is 0.404. The minimum atomic E-state index is -0.553. The number of amides is 1. The van der Waals surface area contributed by atoms with E-state index in [4.69, 9.17) is 0 Å². The van der Waals surface area contributed by atoms with Gasteiger partial charge in [-0.2, -0.15) is 0 Å². The Bertz CT molecular complexity index is 352. The second kappa shape index (κ2) is 4.60.